The molecule has 2 heterocycles. The van der Waals surface area contributed by atoms with E-state index in [4.69, 9.17) is 0 Å². The SMILES string of the molecule is Cn1cc(CNc2cccnc2Br)nn1. The van der Waals surface area contributed by atoms with Crippen molar-refractivity contribution < 1.29 is 0 Å². The van der Waals surface area contributed by atoms with Gasteiger partial charge in [-0.1, -0.05) is 5.21 Å². The van der Waals surface area contributed by atoms with Gasteiger partial charge in [0.15, 0.2) is 0 Å². The van der Waals surface area contributed by atoms with E-state index in [0.717, 1.165) is 16.0 Å². The first-order chi connectivity index (χ1) is 7.25. The third-order valence-corrected chi connectivity index (χ3v) is 2.50. The zero-order valence-corrected chi connectivity index (χ0v) is 9.77. The van der Waals surface area contributed by atoms with Crippen LogP contribution in [-0.2, 0) is 13.6 Å². The van der Waals surface area contributed by atoms with Crippen LogP contribution in [0.1, 0.15) is 5.69 Å². The van der Waals surface area contributed by atoms with Crippen molar-refractivity contribution >= 4 is 21.6 Å². The van der Waals surface area contributed by atoms with Crippen molar-refractivity contribution in [2.24, 2.45) is 7.05 Å². The van der Waals surface area contributed by atoms with E-state index in [1.807, 2.05) is 25.4 Å². The summed E-state index contributed by atoms with van der Waals surface area (Å²) in [6.45, 7) is 0.637. The summed E-state index contributed by atoms with van der Waals surface area (Å²) in [4.78, 5) is 4.11. The normalized spacial score (nSPS) is 10.3. The van der Waals surface area contributed by atoms with Crippen LogP contribution in [0.15, 0.2) is 29.1 Å². The minimum absolute atomic E-state index is 0.637. The first-order valence-electron chi connectivity index (χ1n) is 4.45. The lowest BCUT2D eigenvalue weighted by Gasteiger charge is -2.04. The molecule has 0 aliphatic carbocycles. The maximum absolute atomic E-state index is 4.11. The molecule has 2 aromatic heterocycles. The molecule has 0 spiro atoms. The molecule has 0 amide bonds. The number of halogens is 1. The lowest BCUT2D eigenvalue weighted by Crippen LogP contribution is -2.00. The fourth-order valence-electron chi connectivity index (χ4n) is 1.18. The van der Waals surface area contributed by atoms with Gasteiger partial charge in [-0.2, -0.15) is 0 Å². The molecule has 0 aromatic carbocycles. The Kier molecular flexibility index (Phi) is 2.96. The highest BCUT2D eigenvalue weighted by molar-refractivity contribution is 9.10. The maximum atomic E-state index is 4.11. The molecule has 0 saturated carbocycles. The van der Waals surface area contributed by atoms with Crippen LogP contribution in [0.4, 0.5) is 5.69 Å². The molecule has 0 fully saturated rings. The molecular weight excluding hydrogens is 258 g/mol. The largest absolute Gasteiger partial charge is 0.377 e. The van der Waals surface area contributed by atoms with Gasteiger partial charge in [0.2, 0.25) is 0 Å². The van der Waals surface area contributed by atoms with E-state index in [9.17, 15) is 0 Å². The van der Waals surface area contributed by atoms with E-state index in [1.165, 1.54) is 0 Å². The molecule has 0 aliphatic rings. The number of rotatable bonds is 3. The van der Waals surface area contributed by atoms with Crippen LogP contribution in [0, 0.1) is 0 Å². The fourth-order valence-corrected chi connectivity index (χ4v) is 1.57. The van der Waals surface area contributed by atoms with Crippen LogP contribution in [0.2, 0.25) is 0 Å². The summed E-state index contributed by atoms with van der Waals surface area (Å²) in [7, 11) is 1.84. The number of aryl methyl sites for hydroxylation is 1. The average Bonchev–Trinajstić information content (AvgIpc) is 2.63. The molecule has 0 saturated heterocycles. The van der Waals surface area contributed by atoms with Gasteiger partial charge >= 0.3 is 0 Å². The molecule has 0 aliphatic heterocycles. The first-order valence-corrected chi connectivity index (χ1v) is 5.24. The fraction of sp³-hybridized carbons (Fsp3) is 0.222. The Labute approximate surface area is 95.7 Å². The Balaban J connectivity index is 2.02. The zero-order valence-electron chi connectivity index (χ0n) is 8.18. The molecule has 1 N–H and O–H groups in total. The summed E-state index contributed by atoms with van der Waals surface area (Å²) in [5, 5.41) is 11.0. The molecule has 0 unspecified atom stereocenters. The number of anilines is 1. The van der Waals surface area contributed by atoms with Crippen molar-refractivity contribution in [3.05, 3.63) is 34.8 Å². The van der Waals surface area contributed by atoms with Crippen LogP contribution in [0.5, 0.6) is 0 Å². The van der Waals surface area contributed by atoms with Gasteiger partial charge in [0, 0.05) is 19.4 Å². The van der Waals surface area contributed by atoms with Gasteiger partial charge in [-0.3, -0.25) is 4.68 Å². The topological polar surface area (TPSA) is 55.6 Å². The van der Waals surface area contributed by atoms with Gasteiger partial charge in [0.25, 0.3) is 0 Å². The van der Waals surface area contributed by atoms with Gasteiger partial charge in [-0.25, -0.2) is 4.98 Å². The van der Waals surface area contributed by atoms with Crippen LogP contribution in [0.25, 0.3) is 0 Å². The summed E-state index contributed by atoms with van der Waals surface area (Å²) in [5.41, 5.74) is 1.84. The first kappa shape index (κ1) is 10.1. The lowest BCUT2D eigenvalue weighted by atomic mass is 10.4. The Morgan fingerprint density at radius 2 is 2.40 bits per heavy atom. The Hall–Kier alpha value is -1.43. The predicted octanol–water partition coefficient (Wildman–Crippen LogP) is 1.58. The van der Waals surface area contributed by atoms with Crippen LogP contribution in [0.3, 0.4) is 0 Å². The van der Waals surface area contributed by atoms with Gasteiger partial charge in [-0.15, -0.1) is 5.10 Å². The second-order valence-corrected chi connectivity index (χ2v) is 3.83. The predicted molar refractivity (Wildman–Crippen MR) is 60.3 cm³/mol. The number of hydrogen-bond acceptors (Lipinski definition) is 4. The Bertz CT molecular complexity index is 453. The molecule has 2 aromatic rings. The molecule has 0 radical (unpaired) electrons. The van der Waals surface area contributed by atoms with E-state index in [-0.39, 0.29) is 0 Å². The van der Waals surface area contributed by atoms with Crippen molar-refractivity contribution in [2.75, 3.05) is 5.32 Å². The molecule has 15 heavy (non-hydrogen) atoms. The van der Waals surface area contributed by atoms with Crippen LogP contribution in [-0.4, -0.2) is 20.0 Å². The number of nitrogens with one attached hydrogen (secondary N) is 1. The van der Waals surface area contributed by atoms with Gasteiger partial charge < -0.3 is 5.32 Å². The van der Waals surface area contributed by atoms with Crippen LogP contribution < -0.4 is 5.32 Å². The van der Waals surface area contributed by atoms with Gasteiger partial charge in [0.05, 0.1) is 12.2 Å². The van der Waals surface area contributed by atoms with Crippen molar-refractivity contribution in [1.82, 2.24) is 20.0 Å². The summed E-state index contributed by atoms with van der Waals surface area (Å²) in [5.74, 6) is 0. The molecule has 6 heteroatoms. The lowest BCUT2D eigenvalue weighted by molar-refractivity contribution is 0.713. The highest BCUT2D eigenvalue weighted by Crippen LogP contribution is 2.18. The molecular formula is C9H10BrN5. The Morgan fingerprint density at radius 1 is 1.53 bits per heavy atom. The van der Waals surface area contributed by atoms with E-state index in [1.54, 1.807) is 10.9 Å². The van der Waals surface area contributed by atoms with Crippen LogP contribution >= 0.6 is 15.9 Å². The van der Waals surface area contributed by atoms with Crippen molar-refractivity contribution in [3.8, 4) is 0 Å². The number of nitrogens with zero attached hydrogens (tertiary/aromatic N) is 4. The van der Waals surface area contributed by atoms with E-state index < -0.39 is 0 Å². The number of hydrogen-bond donors (Lipinski definition) is 1. The standard InChI is InChI=1S/C9H10BrN5/c1-15-6-7(13-14-15)5-12-8-3-2-4-11-9(8)10/h2-4,6,12H,5H2,1H3. The Morgan fingerprint density at radius 3 is 3.07 bits per heavy atom. The summed E-state index contributed by atoms with van der Waals surface area (Å²) in [6, 6.07) is 3.83. The number of aromatic nitrogens is 4. The third kappa shape index (κ3) is 2.53. The van der Waals surface area contributed by atoms with Gasteiger partial charge in [0.1, 0.15) is 10.3 Å². The average molecular weight is 268 g/mol. The number of pyridine rings is 1. The quantitative estimate of drug-likeness (QED) is 0.859. The summed E-state index contributed by atoms with van der Waals surface area (Å²) in [6.07, 6.45) is 3.61. The molecule has 5 nitrogen and oxygen atoms in total. The van der Waals surface area contributed by atoms with Gasteiger partial charge in [-0.05, 0) is 28.1 Å². The zero-order chi connectivity index (χ0) is 10.7. The van der Waals surface area contributed by atoms with E-state index in [0.29, 0.717) is 6.54 Å². The summed E-state index contributed by atoms with van der Waals surface area (Å²) < 4.78 is 2.48. The van der Waals surface area contributed by atoms with E-state index in [2.05, 4.69) is 36.5 Å². The maximum Gasteiger partial charge on any atom is 0.129 e. The minimum atomic E-state index is 0.637. The molecule has 78 valence electrons. The smallest absolute Gasteiger partial charge is 0.129 e. The van der Waals surface area contributed by atoms with Crippen molar-refractivity contribution in [2.45, 2.75) is 6.54 Å². The van der Waals surface area contributed by atoms with Crippen molar-refractivity contribution in [1.29, 1.82) is 0 Å². The minimum Gasteiger partial charge on any atom is -0.377 e. The second-order valence-electron chi connectivity index (χ2n) is 3.08. The monoisotopic (exact) mass is 267 g/mol. The molecule has 0 atom stereocenters. The molecule has 0 bridgehead atoms. The second kappa shape index (κ2) is 4.39. The van der Waals surface area contributed by atoms with Crippen molar-refractivity contribution in [3.63, 3.8) is 0 Å². The van der Waals surface area contributed by atoms with E-state index >= 15 is 0 Å². The molecule has 2 rings (SSSR count). The summed E-state index contributed by atoms with van der Waals surface area (Å²) >= 11 is 3.36. The highest BCUT2D eigenvalue weighted by atomic mass is 79.9. The third-order valence-electron chi connectivity index (χ3n) is 1.87. The highest BCUT2D eigenvalue weighted by Gasteiger charge is 2.01.